The van der Waals surface area contributed by atoms with Gasteiger partial charge in [0.25, 0.3) is 5.19 Å². The van der Waals surface area contributed by atoms with Crippen molar-refractivity contribution in [2.45, 2.75) is 72.3 Å². The molecule has 1 unspecified atom stereocenters. The molecule has 0 radical (unpaired) electrons. The summed E-state index contributed by atoms with van der Waals surface area (Å²) >= 11 is 1.29. The van der Waals surface area contributed by atoms with Crippen LogP contribution in [0.15, 0.2) is 36.4 Å². The molecule has 2 aromatic carbocycles. The number of aryl methyl sites for hydroxylation is 3. The number of hydrogen-bond donors (Lipinski definition) is 1. The first-order chi connectivity index (χ1) is 14.2. The minimum Gasteiger partial charge on any atom is -0.430 e. The van der Waals surface area contributed by atoms with Crippen LogP contribution in [0, 0.1) is 13.8 Å². The van der Waals surface area contributed by atoms with Crippen molar-refractivity contribution in [1.29, 1.82) is 0 Å². The molecular formula is C25H33N3OS. The Morgan fingerprint density at radius 3 is 2.40 bits per heavy atom. The lowest BCUT2D eigenvalue weighted by Crippen LogP contribution is -2.19. The molecule has 1 aromatic heterocycles. The van der Waals surface area contributed by atoms with E-state index in [1.54, 1.807) is 0 Å². The zero-order valence-electron chi connectivity index (χ0n) is 19.0. The van der Waals surface area contributed by atoms with E-state index in [4.69, 9.17) is 10.5 Å². The number of benzene rings is 2. The lowest BCUT2D eigenvalue weighted by molar-refractivity contribution is 0.474. The van der Waals surface area contributed by atoms with E-state index in [0.29, 0.717) is 11.0 Å². The van der Waals surface area contributed by atoms with Crippen LogP contribution in [0.25, 0.3) is 11.4 Å². The molecule has 0 bridgehead atoms. The monoisotopic (exact) mass is 423 g/mol. The fourth-order valence-electron chi connectivity index (χ4n) is 3.36. The van der Waals surface area contributed by atoms with Crippen molar-refractivity contribution in [3.63, 3.8) is 0 Å². The fourth-order valence-corrected chi connectivity index (χ4v) is 3.92. The second-order valence-electron chi connectivity index (χ2n) is 9.06. The van der Waals surface area contributed by atoms with E-state index >= 15 is 0 Å². The molecule has 0 aliphatic rings. The summed E-state index contributed by atoms with van der Waals surface area (Å²) in [6.45, 7) is 13.0. The van der Waals surface area contributed by atoms with Crippen LogP contribution in [0.1, 0.15) is 62.8 Å². The van der Waals surface area contributed by atoms with Gasteiger partial charge in [-0.15, -0.1) is 0 Å². The van der Waals surface area contributed by atoms with Crippen LogP contribution in [-0.4, -0.2) is 15.4 Å². The molecule has 0 aliphatic heterocycles. The molecule has 4 nitrogen and oxygen atoms in total. The average molecular weight is 424 g/mol. The Morgan fingerprint density at radius 2 is 1.77 bits per heavy atom. The van der Waals surface area contributed by atoms with Gasteiger partial charge in [0.05, 0.1) is 0 Å². The zero-order chi connectivity index (χ0) is 21.9. The number of nitrogens with two attached hydrogens (primary N) is 1. The van der Waals surface area contributed by atoms with Gasteiger partial charge in [0, 0.05) is 23.1 Å². The van der Waals surface area contributed by atoms with Crippen molar-refractivity contribution in [3.8, 4) is 22.3 Å². The molecule has 3 rings (SSSR count). The molecule has 5 heteroatoms. The minimum absolute atomic E-state index is 0.130. The van der Waals surface area contributed by atoms with Crippen molar-refractivity contribution in [2.75, 3.05) is 0 Å². The maximum atomic E-state index is 6.09. The minimum atomic E-state index is 0.130. The predicted octanol–water partition coefficient (Wildman–Crippen LogP) is 6.58. The first-order valence-corrected chi connectivity index (χ1v) is 11.4. The van der Waals surface area contributed by atoms with E-state index in [1.165, 1.54) is 28.2 Å². The Bertz CT molecular complexity index is 987. The molecule has 3 aromatic rings. The van der Waals surface area contributed by atoms with Gasteiger partial charge >= 0.3 is 0 Å². The highest BCUT2D eigenvalue weighted by Crippen LogP contribution is 2.32. The normalized spacial score (nSPS) is 12.8. The predicted molar refractivity (Wildman–Crippen MR) is 127 cm³/mol. The Hall–Kier alpha value is -2.24. The summed E-state index contributed by atoms with van der Waals surface area (Å²) in [6, 6.07) is 13.0. The van der Waals surface area contributed by atoms with Gasteiger partial charge < -0.3 is 10.5 Å². The summed E-state index contributed by atoms with van der Waals surface area (Å²) in [4.78, 5) is 4.60. The number of rotatable bonds is 7. The van der Waals surface area contributed by atoms with Gasteiger partial charge in [-0.1, -0.05) is 58.0 Å². The van der Waals surface area contributed by atoms with Crippen LogP contribution < -0.4 is 10.5 Å². The van der Waals surface area contributed by atoms with Crippen LogP contribution in [0.3, 0.4) is 0 Å². The third-order valence-corrected chi connectivity index (χ3v) is 6.15. The Balaban J connectivity index is 1.73. The summed E-state index contributed by atoms with van der Waals surface area (Å²) in [5.41, 5.74) is 12.2. The number of hydrogen-bond acceptors (Lipinski definition) is 5. The molecule has 0 spiro atoms. The molecular weight excluding hydrogens is 390 g/mol. The van der Waals surface area contributed by atoms with Crippen molar-refractivity contribution in [2.24, 2.45) is 5.73 Å². The summed E-state index contributed by atoms with van der Waals surface area (Å²) in [5, 5.41) is 0.563. The molecule has 0 fully saturated rings. The van der Waals surface area contributed by atoms with E-state index in [2.05, 4.69) is 87.3 Å². The third-order valence-electron chi connectivity index (χ3n) is 5.56. The largest absolute Gasteiger partial charge is 0.430 e. The number of aromatic nitrogens is 2. The quantitative estimate of drug-likeness (QED) is 0.466. The highest BCUT2D eigenvalue weighted by Gasteiger charge is 2.15. The van der Waals surface area contributed by atoms with Crippen LogP contribution >= 0.6 is 11.5 Å². The molecule has 160 valence electrons. The Morgan fingerprint density at radius 1 is 1.07 bits per heavy atom. The number of nitrogens with zero attached hydrogens (tertiary/aromatic N) is 2. The van der Waals surface area contributed by atoms with E-state index in [9.17, 15) is 0 Å². The molecule has 1 heterocycles. The molecule has 2 N–H and O–H groups in total. The van der Waals surface area contributed by atoms with E-state index in [0.717, 1.165) is 36.1 Å². The summed E-state index contributed by atoms with van der Waals surface area (Å²) in [7, 11) is 0. The summed E-state index contributed by atoms with van der Waals surface area (Å²) in [6.07, 6.45) is 3.01. The molecule has 0 aliphatic carbocycles. The van der Waals surface area contributed by atoms with Crippen molar-refractivity contribution in [3.05, 3.63) is 58.7 Å². The average Bonchev–Trinajstić information content (AvgIpc) is 3.17. The third kappa shape index (κ3) is 5.46. The van der Waals surface area contributed by atoms with Crippen molar-refractivity contribution in [1.82, 2.24) is 9.36 Å². The zero-order valence-corrected chi connectivity index (χ0v) is 19.8. The van der Waals surface area contributed by atoms with Crippen LogP contribution in [0.2, 0.25) is 0 Å². The van der Waals surface area contributed by atoms with Gasteiger partial charge in [-0.25, -0.2) is 0 Å². The van der Waals surface area contributed by atoms with Gasteiger partial charge in [0.1, 0.15) is 5.75 Å². The van der Waals surface area contributed by atoms with Gasteiger partial charge in [-0.05, 0) is 66.8 Å². The first kappa shape index (κ1) is 22.4. The maximum Gasteiger partial charge on any atom is 0.299 e. The SMILES string of the molecule is CCC(N)CCc1cc(C)c(Oc2nc(-c3ccc(C(C)(C)C)cc3)ns2)cc1C. The van der Waals surface area contributed by atoms with Crippen molar-refractivity contribution < 1.29 is 4.74 Å². The lowest BCUT2D eigenvalue weighted by atomic mass is 9.87. The molecule has 0 amide bonds. The topological polar surface area (TPSA) is 61.0 Å². The van der Waals surface area contributed by atoms with E-state index in [1.807, 2.05) is 0 Å². The van der Waals surface area contributed by atoms with Gasteiger partial charge in [0.2, 0.25) is 0 Å². The second kappa shape index (κ2) is 9.27. The van der Waals surface area contributed by atoms with Gasteiger partial charge in [-0.3, -0.25) is 0 Å². The Kier molecular flexibility index (Phi) is 6.94. The fraction of sp³-hybridized carbons (Fsp3) is 0.440. The number of ether oxygens (including phenoxy) is 1. The highest BCUT2D eigenvalue weighted by atomic mass is 32.1. The molecule has 0 saturated heterocycles. The van der Waals surface area contributed by atoms with E-state index < -0.39 is 0 Å². The standard InChI is InChI=1S/C25H33N3OS/c1-7-21(26)13-10-19-14-17(3)22(15-16(19)2)29-24-27-23(28-30-24)18-8-11-20(12-9-18)25(4,5)6/h8-9,11-12,14-15,21H,7,10,13,26H2,1-6H3. The van der Waals surface area contributed by atoms with Crippen molar-refractivity contribution >= 4 is 11.5 Å². The van der Waals surface area contributed by atoms with Gasteiger partial charge in [0.15, 0.2) is 5.82 Å². The summed E-state index contributed by atoms with van der Waals surface area (Å²) < 4.78 is 10.6. The summed E-state index contributed by atoms with van der Waals surface area (Å²) in [5.74, 6) is 1.54. The Labute approximate surface area is 184 Å². The smallest absolute Gasteiger partial charge is 0.299 e. The molecule has 1 atom stereocenters. The van der Waals surface area contributed by atoms with Crippen LogP contribution in [-0.2, 0) is 11.8 Å². The van der Waals surface area contributed by atoms with E-state index in [-0.39, 0.29) is 11.5 Å². The highest BCUT2D eigenvalue weighted by molar-refractivity contribution is 7.07. The maximum absolute atomic E-state index is 6.09. The lowest BCUT2D eigenvalue weighted by Gasteiger charge is -2.18. The van der Waals surface area contributed by atoms with Crippen LogP contribution in [0.5, 0.6) is 10.9 Å². The van der Waals surface area contributed by atoms with Gasteiger partial charge in [-0.2, -0.15) is 9.36 Å². The molecule has 30 heavy (non-hydrogen) atoms. The molecule has 0 saturated carbocycles. The first-order valence-electron chi connectivity index (χ1n) is 10.7. The van der Waals surface area contributed by atoms with Crippen LogP contribution in [0.4, 0.5) is 0 Å². The second-order valence-corrected chi connectivity index (χ2v) is 9.78.